The van der Waals surface area contributed by atoms with Gasteiger partial charge in [-0.25, -0.2) is 0 Å². The average Bonchev–Trinajstić information content (AvgIpc) is 2.90. The van der Waals surface area contributed by atoms with Crippen molar-refractivity contribution in [2.24, 2.45) is 0 Å². The Balaban J connectivity index is 1.88. The lowest BCUT2D eigenvalue weighted by Crippen LogP contribution is -2.60. The third-order valence-electron chi connectivity index (χ3n) is 3.78. The first kappa shape index (κ1) is 17.0. The molecule has 3 rings (SSSR count). The van der Waals surface area contributed by atoms with Crippen LogP contribution in [-0.4, -0.2) is 62.7 Å². The summed E-state index contributed by atoms with van der Waals surface area (Å²) in [6, 6.07) is 3.45. The summed E-state index contributed by atoms with van der Waals surface area (Å²) in [5, 5.41) is 40.0. The van der Waals surface area contributed by atoms with Crippen molar-refractivity contribution >= 4 is 38.4 Å². The van der Waals surface area contributed by atoms with Gasteiger partial charge in [-0.2, -0.15) is 0 Å². The van der Waals surface area contributed by atoms with Gasteiger partial charge in [0.15, 0.2) is 0 Å². The largest absolute Gasteiger partial charge is 0.460 e. The molecule has 0 unspecified atom stereocenters. The van der Waals surface area contributed by atoms with E-state index in [9.17, 15) is 20.4 Å². The van der Waals surface area contributed by atoms with E-state index in [0.717, 1.165) is 5.52 Å². The van der Waals surface area contributed by atoms with Crippen LogP contribution >= 0.6 is 27.5 Å². The first-order chi connectivity index (χ1) is 10.9. The number of aromatic nitrogens is 1. The number of benzene rings is 1. The second kappa shape index (κ2) is 6.56. The highest BCUT2D eigenvalue weighted by Gasteiger charge is 2.44. The second-order valence-electron chi connectivity index (χ2n) is 5.28. The van der Waals surface area contributed by atoms with Crippen molar-refractivity contribution in [1.29, 1.82) is 0 Å². The van der Waals surface area contributed by atoms with Crippen LogP contribution in [0.15, 0.2) is 22.8 Å². The molecule has 126 valence electrons. The fourth-order valence-electron chi connectivity index (χ4n) is 2.48. The average molecular weight is 409 g/mol. The topological polar surface area (TPSA) is 115 Å². The molecule has 7 nitrogen and oxygen atoms in total. The van der Waals surface area contributed by atoms with Crippen molar-refractivity contribution in [1.82, 2.24) is 4.98 Å². The molecule has 9 heteroatoms. The summed E-state index contributed by atoms with van der Waals surface area (Å²) in [5.74, 6) is 0.377. The fourth-order valence-corrected chi connectivity index (χ4v) is 2.99. The molecule has 0 saturated carbocycles. The molecule has 23 heavy (non-hydrogen) atoms. The summed E-state index contributed by atoms with van der Waals surface area (Å²) < 4.78 is 11.6. The molecule has 1 fully saturated rings. The van der Waals surface area contributed by atoms with Crippen molar-refractivity contribution in [3.63, 3.8) is 0 Å². The predicted octanol–water partition coefficient (Wildman–Crippen LogP) is 0.762. The molecule has 0 aliphatic carbocycles. The molecule has 0 amide bonds. The van der Waals surface area contributed by atoms with Gasteiger partial charge in [-0.05, 0) is 28.1 Å². The number of rotatable bonds is 3. The van der Waals surface area contributed by atoms with Crippen LogP contribution in [0.2, 0.25) is 5.02 Å². The number of H-pyrrole nitrogens is 1. The molecule has 0 radical (unpaired) electrons. The number of hydrogen-bond acceptors (Lipinski definition) is 6. The van der Waals surface area contributed by atoms with E-state index >= 15 is 0 Å². The maximum absolute atomic E-state index is 10.0. The van der Waals surface area contributed by atoms with Crippen molar-refractivity contribution in [3.8, 4) is 5.75 Å². The van der Waals surface area contributed by atoms with E-state index in [2.05, 4.69) is 20.9 Å². The van der Waals surface area contributed by atoms with E-state index < -0.39 is 37.3 Å². The van der Waals surface area contributed by atoms with Crippen molar-refractivity contribution in [3.05, 3.63) is 27.8 Å². The van der Waals surface area contributed by atoms with Gasteiger partial charge in [-0.3, -0.25) is 0 Å². The number of aromatic amines is 1. The van der Waals surface area contributed by atoms with Crippen LogP contribution in [0.3, 0.4) is 0 Å². The number of aliphatic hydroxyl groups excluding tert-OH is 4. The number of aliphatic hydroxyl groups is 4. The Morgan fingerprint density at radius 1 is 1.22 bits per heavy atom. The minimum atomic E-state index is -1.49. The molecule has 0 bridgehead atoms. The first-order valence-corrected chi connectivity index (χ1v) is 8.02. The van der Waals surface area contributed by atoms with Crippen LogP contribution in [0.5, 0.6) is 5.75 Å². The zero-order chi connectivity index (χ0) is 16.7. The van der Waals surface area contributed by atoms with Gasteiger partial charge in [0.1, 0.15) is 30.2 Å². The molecule has 1 aromatic heterocycles. The standard InChI is InChI=1S/C14H15BrClNO6/c15-6-1-5-8(2-7(6)16)17-3-9(5)22-14-13(21)12(20)11(19)10(4-18)23-14/h1-3,10-14,17-21H,4H2/t10-,11-,12+,13+,14-/m1/s1. The van der Waals surface area contributed by atoms with Gasteiger partial charge in [0.05, 0.1) is 17.1 Å². The summed E-state index contributed by atoms with van der Waals surface area (Å²) in [4.78, 5) is 2.98. The third kappa shape index (κ3) is 3.08. The van der Waals surface area contributed by atoms with Crippen molar-refractivity contribution in [2.45, 2.75) is 30.7 Å². The first-order valence-electron chi connectivity index (χ1n) is 6.85. The number of halogens is 2. The van der Waals surface area contributed by atoms with Crippen molar-refractivity contribution < 1.29 is 29.9 Å². The predicted molar refractivity (Wildman–Crippen MR) is 85.4 cm³/mol. The Bertz CT molecular complexity index is 708. The molecule has 5 N–H and O–H groups in total. The van der Waals surface area contributed by atoms with E-state index in [-0.39, 0.29) is 0 Å². The Hall–Kier alpha value is -0.870. The van der Waals surface area contributed by atoms with Gasteiger partial charge >= 0.3 is 0 Å². The third-order valence-corrected chi connectivity index (χ3v) is 4.97. The molecule has 1 aromatic carbocycles. The van der Waals surface area contributed by atoms with E-state index in [1.54, 1.807) is 18.3 Å². The summed E-state index contributed by atoms with van der Waals surface area (Å²) in [6.45, 7) is -0.514. The quantitative estimate of drug-likeness (QED) is 0.512. The number of hydrogen-bond donors (Lipinski definition) is 5. The van der Waals surface area contributed by atoms with Crippen LogP contribution in [0.1, 0.15) is 0 Å². The molecule has 1 saturated heterocycles. The summed E-state index contributed by atoms with van der Waals surface area (Å²) >= 11 is 9.35. The van der Waals surface area contributed by atoms with Crippen LogP contribution in [0.25, 0.3) is 10.9 Å². The molecule has 5 atom stereocenters. The summed E-state index contributed by atoms with van der Waals surface area (Å²) in [6.07, 6.45) is -5.07. The molecule has 2 aromatic rings. The highest BCUT2D eigenvalue weighted by Crippen LogP contribution is 2.34. The zero-order valence-corrected chi connectivity index (χ0v) is 14.0. The highest BCUT2D eigenvalue weighted by atomic mass is 79.9. The van der Waals surface area contributed by atoms with Gasteiger partial charge in [0.25, 0.3) is 0 Å². The Kier molecular flexibility index (Phi) is 4.84. The number of ether oxygens (including phenoxy) is 2. The monoisotopic (exact) mass is 407 g/mol. The smallest absolute Gasteiger partial charge is 0.229 e. The molecule has 2 heterocycles. The van der Waals surface area contributed by atoms with E-state index in [1.165, 1.54) is 0 Å². The highest BCUT2D eigenvalue weighted by molar-refractivity contribution is 9.10. The molecule has 1 aliphatic rings. The van der Waals surface area contributed by atoms with Crippen LogP contribution in [-0.2, 0) is 4.74 Å². The molecular weight excluding hydrogens is 394 g/mol. The Labute approximate surface area is 144 Å². The minimum absolute atomic E-state index is 0.377. The molecular formula is C14H15BrClNO6. The van der Waals surface area contributed by atoms with Crippen LogP contribution in [0, 0.1) is 0 Å². The Morgan fingerprint density at radius 3 is 2.65 bits per heavy atom. The SMILES string of the molecule is OC[C@H]1O[C@@H](Oc2c[nH]c3cc(Cl)c(Br)cc23)[C@@H](O)[C@@H](O)[C@@H]1O. The lowest BCUT2D eigenvalue weighted by atomic mass is 9.99. The fraction of sp³-hybridized carbons (Fsp3) is 0.429. The second-order valence-corrected chi connectivity index (χ2v) is 6.54. The van der Waals surface area contributed by atoms with Gasteiger partial charge in [0.2, 0.25) is 6.29 Å². The van der Waals surface area contributed by atoms with Gasteiger partial charge in [-0.1, -0.05) is 11.6 Å². The number of fused-ring (bicyclic) bond motifs is 1. The van der Waals surface area contributed by atoms with Crippen LogP contribution in [0.4, 0.5) is 0 Å². The zero-order valence-electron chi connectivity index (χ0n) is 11.7. The van der Waals surface area contributed by atoms with Crippen LogP contribution < -0.4 is 4.74 Å². The van der Waals surface area contributed by atoms with Crippen molar-refractivity contribution in [2.75, 3.05) is 6.61 Å². The van der Waals surface area contributed by atoms with E-state index in [4.69, 9.17) is 21.1 Å². The maximum Gasteiger partial charge on any atom is 0.229 e. The molecule has 1 aliphatic heterocycles. The molecule has 0 spiro atoms. The van der Waals surface area contributed by atoms with Gasteiger partial charge < -0.3 is 34.9 Å². The van der Waals surface area contributed by atoms with Gasteiger partial charge in [-0.15, -0.1) is 0 Å². The maximum atomic E-state index is 10.0. The summed E-state index contributed by atoms with van der Waals surface area (Å²) in [7, 11) is 0. The Morgan fingerprint density at radius 2 is 1.96 bits per heavy atom. The number of nitrogens with one attached hydrogen (secondary N) is 1. The normalized spacial score (nSPS) is 31.5. The van der Waals surface area contributed by atoms with E-state index in [0.29, 0.717) is 20.6 Å². The summed E-state index contributed by atoms with van der Waals surface area (Å²) in [5.41, 5.74) is 0.720. The minimum Gasteiger partial charge on any atom is -0.460 e. The van der Waals surface area contributed by atoms with Gasteiger partial charge in [0, 0.05) is 16.1 Å². The lowest BCUT2D eigenvalue weighted by molar-refractivity contribution is -0.277. The van der Waals surface area contributed by atoms with E-state index in [1.807, 2.05) is 0 Å². The lowest BCUT2D eigenvalue weighted by Gasteiger charge is -2.39.